The van der Waals surface area contributed by atoms with Gasteiger partial charge in [-0.1, -0.05) is 0 Å². The summed E-state index contributed by atoms with van der Waals surface area (Å²) >= 11 is 0. The third-order valence-electron chi connectivity index (χ3n) is 6.49. The number of amides is 1. The number of likely N-dealkylation sites (N-methyl/N-ethyl adjacent to an activating group) is 1. The Morgan fingerprint density at radius 2 is 2.00 bits per heavy atom. The molecule has 9 nitrogen and oxygen atoms in total. The lowest BCUT2D eigenvalue weighted by atomic mass is 9.86. The molecule has 1 N–H and O–H groups in total. The average Bonchev–Trinajstić information content (AvgIpc) is 2.96. The molecule has 0 radical (unpaired) electrons. The zero-order chi connectivity index (χ0) is 19.9. The van der Waals surface area contributed by atoms with Crippen molar-refractivity contribution >= 4 is 16.9 Å². The van der Waals surface area contributed by atoms with E-state index in [1.165, 1.54) is 0 Å². The van der Waals surface area contributed by atoms with Gasteiger partial charge in [0.05, 0.1) is 12.7 Å². The Labute approximate surface area is 164 Å². The van der Waals surface area contributed by atoms with Crippen LogP contribution in [-0.2, 0) is 18.4 Å². The number of fused-ring (bicyclic) bond motifs is 1. The van der Waals surface area contributed by atoms with Gasteiger partial charge in [0.2, 0.25) is 5.91 Å². The van der Waals surface area contributed by atoms with Crippen LogP contribution in [-0.4, -0.2) is 85.7 Å². The number of hydrogen-bond acceptors (Lipinski definition) is 6. The van der Waals surface area contributed by atoms with Crippen molar-refractivity contribution in [2.45, 2.75) is 38.3 Å². The first kappa shape index (κ1) is 19.1. The molecule has 0 aromatic carbocycles. The highest BCUT2D eigenvalue weighted by Gasteiger charge is 2.42. The van der Waals surface area contributed by atoms with Gasteiger partial charge >= 0.3 is 0 Å². The molecule has 2 aliphatic rings. The second-order valence-electron chi connectivity index (χ2n) is 8.10. The third-order valence-corrected chi connectivity index (χ3v) is 6.49. The van der Waals surface area contributed by atoms with Gasteiger partial charge in [0.1, 0.15) is 11.2 Å². The summed E-state index contributed by atoms with van der Waals surface area (Å²) in [5.41, 5.74) is 0.464. The highest BCUT2D eigenvalue weighted by molar-refractivity contribution is 5.76. The van der Waals surface area contributed by atoms with Crippen LogP contribution < -0.4 is 5.56 Å². The van der Waals surface area contributed by atoms with Crippen molar-refractivity contribution in [3.8, 4) is 0 Å². The van der Waals surface area contributed by atoms with E-state index in [9.17, 15) is 9.59 Å². The maximum Gasteiger partial charge on any atom is 0.262 e. The Kier molecular flexibility index (Phi) is 4.96. The smallest absolute Gasteiger partial charge is 0.262 e. The van der Waals surface area contributed by atoms with E-state index in [-0.39, 0.29) is 17.0 Å². The molecule has 2 saturated heterocycles. The van der Waals surface area contributed by atoms with Gasteiger partial charge in [0, 0.05) is 51.7 Å². The van der Waals surface area contributed by atoms with Crippen molar-refractivity contribution in [2.75, 3.05) is 39.8 Å². The molecule has 1 atom stereocenters. The normalized spacial score (nSPS) is 25.0. The highest BCUT2D eigenvalue weighted by Crippen LogP contribution is 2.32. The Balaban J connectivity index is 1.54. The number of aromatic nitrogens is 4. The molecular formula is C19H29N7O2. The number of H-pyrrole nitrogens is 1. The molecule has 0 unspecified atom stereocenters. The van der Waals surface area contributed by atoms with E-state index < -0.39 is 0 Å². The number of hydrogen-bond donors (Lipinski definition) is 1. The van der Waals surface area contributed by atoms with Crippen LogP contribution in [0.3, 0.4) is 0 Å². The number of piperazine rings is 1. The second-order valence-corrected chi connectivity index (χ2v) is 8.10. The van der Waals surface area contributed by atoms with Gasteiger partial charge in [-0.25, -0.2) is 4.98 Å². The van der Waals surface area contributed by atoms with Crippen LogP contribution in [0.25, 0.3) is 11.0 Å². The lowest BCUT2D eigenvalue weighted by Gasteiger charge is -2.49. The summed E-state index contributed by atoms with van der Waals surface area (Å²) in [5.74, 6) is 0.929. The van der Waals surface area contributed by atoms with Gasteiger partial charge in [0.15, 0.2) is 5.65 Å². The molecular weight excluding hydrogens is 358 g/mol. The third kappa shape index (κ3) is 3.33. The molecule has 1 spiro atoms. The predicted molar refractivity (Wildman–Crippen MR) is 106 cm³/mol. The summed E-state index contributed by atoms with van der Waals surface area (Å²) in [7, 11) is 3.97. The average molecular weight is 387 g/mol. The Bertz CT molecular complexity index is 936. The molecule has 2 fully saturated rings. The standard InChI is InChI=1S/C19H29N7O2/c1-4-26-8-7-19(6-5-16(26)27)13-25(10-9-23(19)2)12-15-21-17-14(18(28)22-15)11-20-24(17)3/h11H,4-10,12-13H2,1-3H3,(H,21,22,28)/t19-/m0/s1. The van der Waals surface area contributed by atoms with Crippen LogP contribution in [0.15, 0.2) is 11.0 Å². The molecule has 2 aromatic rings. The topological polar surface area (TPSA) is 90.4 Å². The van der Waals surface area contributed by atoms with Gasteiger partial charge in [-0.15, -0.1) is 0 Å². The minimum atomic E-state index is -0.143. The maximum atomic E-state index is 12.4. The summed E-state index contributed by atoms with van der Waals surface area (Å²) in [6.45, 7) is 6.96. The van der Waals surface area contributed by atoms with E-state index in [2.05, 4.69) is 31.9 Å². The first-order valence-electron chi connectivity index (χ1n) is 10.0. The Morgan fingerprint density at radius 1 is 1.18 bits per heavy atom. The fourth-order valence-corrected chi connectivity index (χ4v) is 4.61. The van der Waals surface area contributed by atoms with E-state index in [0.29, 0.717) is 29.8 Å². The van der Waals surface area contributed by atoms with Gasteiger partial charge in [-0.05, 0) is 26.8 Å². The van der Waals surface area contributed by atoms with E-state index in [4.69, 9.17) is 0 Å². The summed E-state index contributed by atoms with van der Waals surface area (Å²) in [4.78, 5) is 39.0. The zero-order valence-electron chi connectivity index (χ0n) is 16.9. The first-order chi connectivity index (χ1) is 13.4. The molecule has 28 heavy (non-hydrogen) atoms. The van der Waals surface area contributed by atoms with Gasteiger partial charge < -0.3 is 9.88 Å². The van der Waals surface area contributed by atoms with Crippen LogP contribution in [0, 0.1) is 0 Å². The molecule has 9 heteroatoms. The van der Waals surface area contributed by atoms with Crippen LogP contribution in [0.5, 0.6) is 0 Å². The molecule has 4 heterocycles. The molecule has 0 saturated carbocycles. The van der Waals surface area contributed by atoms with E-state index >= 15 is 0 Å². The monoisotopic (exact) mass is 387 g/mol. The van der Waals surface area contributed by atoms with Gasteiger partial charge in [-0.2, -0.15) is 5.10 Å². The number of nitrogens with zero attached hydrogens (tertiary/aromatic N) is 6. The minimum absolute atomic E-state index is 0.00520. The predicted octanol–water partition coefficient (Wildman–Crippen LogP) is 0.175. The van der Waals surface area contributed by atoms with Crippen molar-refractivity contribution in [3.05, 3.63) is 22.4 Å². The molecule has 0 bridgehead atoms. The van der Waals surface area contributed by atoms with Crippen molar-refractivity contribution in [1.82, 2.24) is 34.4 Å². The number of aromatic amines is 1. The number of likely N-dealkylation sites (tertiary alicyclic amines) is 1. The largest absolute Gasteiger partial charge is 0.343 e. The molecule has 2 aromatic heterocycles. The van der Waals surface area contributed by atoms with Crippen molar-refractivity contribution in [1.29, 1.82) is 0 Å². The molecule has 2 aliphatic heterocycles. The van der Waals surface area contributed by atoms with E-state index in [0.717, 1.165) is 45.6 Å². The lowest BCUT2D eigenvalue weighted by molar-refractivity contribution is -0.130. The zero-order valence-corrected chi connectivity index (χ0v) is 16.9. The Hall–Kier alpha value is -2.26. The fourth-order valence-electron chi connectivity index (χ4n) is 4.61. The molecule has 152 valence electrons. The first-order valence-corrected chi connectivity index (χ1v) is 10.0. The van der Waals surface area contributed by atoms with E-state index in [1.807, 2.05) is 11.8 Å². The number of nitrogens with one attached hydrogen (secondary N) is 1. The fraction of sp³-hybridized carbons (Fsp3) is 0.684. The maximum absolute atomic E-state index is 12.4. The lowest BCUT2D eigenvalue weighted by Crippen LogP contribution is -2.60. The van der Waals surface area contributed by atoms with Crippen LogP contribution in [0.2, 0.25) is 0 Å². The number of carbonyl (C=O) groups is 1. The molecule has 4 rings (SSSR count). The summed E-state index contributed by atoms with van der Waals surface area (Å²) in [6, 6.07) is 0. The quantitative estimate of drug-likeness (QED) is 0.808. The van der Waals surface area contributed by atoms with E-state index in [1.54, 1.807) is 17.9 Å². The molecule has 0 aliphatic carbocycles. The SMILES string of the molecule is CCN1CC[C@@]2(CCC1=O)CN(Cc1nc3c(cnn3C)c(=O)[nH]1)CCN2C. The number of carbonyl (C=O) groups excluding carboxylic acids is 1. The second kappa shape index (κ2) is 7.29. The summed E-state index contributed by atoms with van der Waals surface area (Å²) in [6.07, 6.45) is 4.00. The van der Waals surface area contributed by atoms with Crippen molar-refractivity contribution in [2.24, 2.45) is 7.05 Å². The van der Waals surface area contributed by atoms with Gasteiger partial charge in [-0.3, -0.25) is 24.1 Å². The highest BCUT2D eigenvalue weighted by atomic mass is 16.2. The summed E-state index contributed by atoms with van der Waals surface area (Å²) in [5, 5.41) is 4.65. The van der Waals surface area contributed by atoms with Crippen LogP contribution in [0.1, 0.15) is 32.0 Å². The van der Waals surface area contributed by atoms with Crippen LogP contribution >= 0.6 is 0 Å². The van der Waals surface area contributed by atoms with Crippen molar-refractivity contribution < 1.29 is 4.79 Å². The number of aryl methyl sites for hydroxylation is 1. The minimum Gasteiger partial charge on any atom is -0.343 e. The Morgan fingerprint density at radius 3 is 2.79 bits per heavy atom. The summed E-state index contributed by atoms with van der Waals surface area (Å²) < 4.78 is 1.63. The molecule has 1 amide bonds. The van der Waals surface area contributed by atoms with Crippen LogP contribution in [0.4, 0.5) is 0 Å². The van der Waals surface area contributed by atoms with Crippen molar-refractivity contribution in [3.63, 3.8) is 0 Å². The number of rotatable bonds is 3. The van der Waals surface area contributed by atoms with Gasteiger partial charge in [0.25, 0.3) is 5.56 Å².